The van der Waals surface area contributed by atoms with Crippen molar-refractivity contribution in [3.63, 3.8) is 0 Å². The summed E-state index contributed by atoms with van der Waals surface area (Å²) in [6.07, 6.45) is 10.1. The van der Waals surface area contributed by atoms with E-state index in [0.717, 1.165) is 17.6 Å². The van der Waals surface area contributed by atoms with Crippen LogP contribution in [0, 0.1) is 23.2 Å². The third kappa shape index (κ3) is 6.45. The van der Waals surface area contributed by atoms with E-state index in [1.54, 1.807) is 0 Å². The lowest BCUT2D eigenvalue weighted by Crippen LogP contribution is -2.37. The minimum atomic E-state index is -0.643. The summed E-state index contributed by atoms with van der Waals surface area (Å²) in [6, 6.07) is 9.36. The van der Waals surface area contributed by atoms with Gasteiger partial charge in [-0.3, -0.25) is 4.79 Å². The van der Waals surface area contributed by atoms with Crippen LogP contribution in [0.2, 0.25) is 0 Å². The van der Waals surface area contributed by atoms with Crippen molar-refractivity contribution in [2.24, 2.45) is 23.2 Å². The molecular weight excluding hydrogens is 448 g/mol. The van der Waals surface area contributed by atoms with Gasteiger partial charge in [-0.1, -0.05) is 82.3 Å². The molecule has 0 radical (unpaired) electrons. The summed E-state index contributed by atoms with van der Waals surface area (Å²) in [5.74, 6) is 1.58. The van der Waals surface area contributed by atoms with E-state index < -0.39 is 12.2 Å². The number of aliphatic hydroxyl groups excluding tert-OH is 2. The molecule has 1 aromatic carbocycles. The Hall–Kier alpha value is -2.01. The van der Waals surface area contributed by atoms with E-state index in [1.807, 2.05) is 44.2 Å². The van der Waals surface area contributed by atoms with Gasteiger partial charge in [-0.15, -0.1) is 0 Å². The van der Waals surface area contributed by atoms with E-state index in [2.05, 4.69) is 32.6 Å². The molecule has 0 spiro atoms. The maximum absolute atomic E-state index is 12.4. The molecule has 3 saturated carbocycles. The van der Waals surface area contributed by atoms with Crippen molar-refractivity contribution in [2.75, 3.05) is 13.2 Å². The van der Waals surface area contributed by atoms with Crippen molar-refractivity contribution in [2.45, 2.75) is 84.8 Å². The number of rotatable bonds is 7. The van der Waals surface area contributed by atoms with Gasteiger partial charge in [0.1, 0.15) is 6.61 Å². The topological polar surface area (TPSA) is 66.8 Å². The van der Waals surface area contributed by atoms with Crippen molar-refractivity contribution < 1.29 is 19.7 Å². The predicted octanol–water partition coefficient (Wildman–Crippen LogP) is 6.69. The maximum atomic E-state index is 12.4. The molecule has 4 heteroatoms. The van der Waals surface area contributed by atoms with Crippen LogP contribution in [0.25, 0.3) is 0 Å². The highest BCUT2D eigenvalue weighted by molar-refractivity contribution is 5.96. The standard InChI is InChI=1S/C30H40O4.C2H6/c1-20(18-34-19-29(33)23-8-5-4-6-9-23)26-13-14-27-22(10-7-15-30(26,27)3)11-12-24-16-25(31)17-28(32)21(24)2;1-2/h4-6,8-9,11-12,20,25-28,31-32H,2,7,10,13-19H2,1,3H3;1-2H3/b22-11+,24-12-;/t20-,25-,26-,27+,28?,30?;/m1./s1. The first-order valence-electron chi connectivity index (χ1n) is 13.9. The average molecular weight is 495 g/mol. The molecule has 36 heavy (non-hydrogen) atoms. The lowest BCUT2D eigenvalue weighted by atomic mass is 9.61. The predicted molar refractivity (Wildman–Crippen MR) is 147 cm³/mol. The summed E-state index contributed by atoms with van der Waals surface area (Å²) in [7, 11) is 0. The molecule has 4 nitrogen and oxygen atoms in total. The second-order valence-electron chi connectivity index (χ2n) is 10.9. The fraction of sp³-hybridized carbons (Fsp3) is 0.594. The molecule has 2 unspecified atom stereocenters. The summed E-state index contributed by atoms with van der Waals surface area (Å²) >= 11 is 0. The Morgan fingerprint density at radius 3 is 2.64 bits per heavy atom. The van der Waals surface area contributed by atoms with Crippen LogP contribution in [0.15, 0.2) is 65.8 Å². The van der Waals surface area contributed by atoms with E-state index in [1.165, 1.54) is 31.3 Å². The van der Waals surface area contributed by atoms with Crippen molar-refractivity contribution in [3.05, 3.63) is 71.3 Å². The molecule has 0 heterocycles. The summed E-state index contributed by atoms with van der Waals surface area (Å²) in [6.45, 7) is 13.5. The zero-order valence-electron chi connectivity index (χ0n) is 22.7. The SMILES string of the molecule is C=C1/C(=C\C=C2/CCCC3(C)[C@@H]([C@H](C)COCC(=O)c4ccccc4)CC[C@@H]23)C[C@@H](O)CC1O.CC. The molecule has 2 N–H and O–H groups in total. The maximum Gasteiger partial charge on any atom is 0.188 e. The number of allylic oxidation sites excluding steroid dienone is 3. The number of benzene rings is 1. The summed E-state index contributed by atoms with van der Waals surface area (Å²) in [4.78, 5) is 12.4. The zero-order valence-corrected chi connectivity index (χ0v) is 22.7. The molecule has 0 amide bonds. The average Bonchev–Trinajstić information content (AvgIpc) is 3.24. The van der Waals surface area contributed by atoms with Crippen molar-refractivity contribution in [3.8, 4) is 0 Å². The number of ether oxygens (including phenoxy) is 1. The van der Waals surface area contributed by atoms with E-state index in [4.69, 9.17) is 4.74 Å². The van der Waals surface area contributed by atoms with Crippen molar-refractivity contribution in [1.29, 1.82) is 0 Å². The van der Waals surface area contributed by atoms with Crippen LogP contribution in [0.1, 0.15) is 83.0 Å². The minimum Gasteiger partial charge on any atom is -0.393 e. The molecule has 198 valence electrons. The largest absolute Gasteiger partial charge is 0.393 e. The Morgan fingerprint density at radius 1 is 1.19 bits per heavy atom. The Labute approximate surface area is 218 Å². The Balaban J connectivity index is 0.00000176. The molecular formula is C32H46O4. The summed E-state index contributed by atoms with van der Waals surface area (Å²) in [5.41, 5.74) is 4.18. The van der Waals surface area contributed by atoms with Crippen LogP contribution in [-0.2, 0) is 4.74 Å². The third-order valence-corrected chi connectivity index (χ3v) is 8.70. The first-order chi connectivity index (χ1) is 17.3. The lowest BCUT2D eigenvalue weighted by molar-refractivity contribution is 0.0333. The van der Waals surface area contributed by atoms with E-state index in [-0.39, 0.29) is 17.8 Å². The number of carbonyl (C=O) groups excluding carboxylic acids is 1. The van der Waals surface area contributed by atoms with Gasteiger partial charge in [0.05, 0.1) is 18.8 Å². The first kappa shape index (κ1) is 28.6. The van der Waals surface area contributed by atoms with Gasteiger partial charge in [-0.2, -0.15) is 0 Å². The van der Waals surface area contributed by atoms with Gasteiger partial charge in [0.15, 0.2) is 5.78 Å². The molecule has 3 aliphatic carbocycles. The lowest BCUT2D eigenvalue weighted by Gasteiger charge is -2.44. The van der Waals surface area contributed by atoms with Gasteiger partial charge in [-0.25, -0.2) is 0 Å². The number of aliphatic hydroxyl groups is 2. The summed E-state index contributed by atoms with van der Waals surface area (Å²) in [5, 5.41) is 20.2. The number of Topliss-reactive ketones (excluding diaryl/α,β-unsaturated/α-hetero) is 1. The number of ketones is 1. The number of hydrogen-bond acceptors (Lipinski definition) is 4. The fourth-order valence-corrected chi connectivity index (χ4v) is 6.84. The minimum absolute atomic E-state index is 0.0405. The van der Waals surface area contributed by atoms with Crippen LogP contribution in [0.5, 0.6) is 0 Å². The van der Waals surface area contributed by atoms with Crippen LogP contribution < -0.4 is 0 Å². The molecule has 3 aliphatic rings. The Morgan fingerprint density at radius 2 is 1.92 bits per heavy atom. The second-order valence-corrected chi connectivity index (χ2v) is 10.9. The van der Waals surface area contributed by atoms with Gasteiger partial charge >= 0.3 is 0 Å². The monoisotopic (exact) mass is 494 g/mol. The number of hydrogen-bond donors (Lipinski definition) is 2. The van der Waals surface area contributed by atoms with Gasteiger partial charge in [0, 0.05) is 12.0 Å². The molecule has 0 aliphatic heterocycles. The normalized spacial score (nSPS) is 33.1. The van der Waals surface area contributed by atoms with E-state index >= 15 is 0 Å². The molecule has 4 rings (SSSR count). The third-order valence-electron chi connectivity index (χ3n) is 8.70. The van der Waals surface area contributed by atoms with Gasteiger partial charge in [-0.05, 0) is 72.8 Å². The van der Waals surface area contributed by atoms with Gasteiger partial charge in [0.2, 0.25) is 0 Å². The smallest absolute Gasteiger partial charge is 0.188 e. The van der Waals surface area contributed by atoms with Crippen LogP contribution in [-0.4, -0.2) is 41.4 Å². The first-order valence-corrected chi connectivity index (χ1v) is 13.9. The van der Waals surface area contributed by atoms with Crippen molar-refractivity contribution in [1.82, 2.24) is 0 Å². The highest BCUT2D eigenvalue weighted by Gasteiger charge is 2.50. The van der Waals surface area contributed by atoms with Crippen molar-refractivity contribution >= 4 is 5.78 Å². The number of carbonyl (C=O) groups is 1. The van der Waals surface area contributed by atoms with Crippen LogP contribution in [0.3, 0.4) is 0 Å². The quantitative estimate of drug-likeness (QED) is 0.415. The molecule has 1 aromatic rings. The van der Waals surface area contributed by atoms with E-state index in [0.29, 0.717) is 42.8 Å². The molecule has 3 fully saturated rings. The summed E-state index contributed by atoms with van der Waals surface area (Å²) < 4.78 is 5.90. The highest BCUT2D eigenvalue weighted by atomic mass is 16.5. The molecule has 6 atom stereocenters. The van der Waals surface area contributed by atoms with E-state index in [9.17, 15) is 15.0 Å². The molecule has 0 aromatic heterocycles. The van der Waals surface area contributed by atoms with Gasteiger partial charge in [0.25, 0.3) is 0 Å². The zero-order chi connectivity index (χ0) is 26.3. The molecule has 0 saturated heterocycles. The van der Waals surface area contributed by atoms with Crippen LogP contribution >= 0.6 is 0 Å². The highest BCUT2D eigenvalue weighted by Crippen LogP contribution is 2.59. The Bertz CT molecular complexity index is 946. The molecule has 0 bridgehead atoms. The fourth-order valence-electron chi connectivity index (χ4n) is 6.84. The van der Waals surface area contributed by atoms with Crippen LogP contribution in [0.4, 0.5) is 0 Å². The number of fused-ring (bicyclic) bond motifs is 1. The Kier molecular flexibility index (Phi) is 10.3. The second kappa shape index (κ2) is 13.0. The van der Waals surface area contributed by atoms with Gasteiger partial charge < -0.3 is 14.9 Å².